The van der Waals surface area contributed by atoms with Gasteiger partial charge in [-0.1, -0.05) is 0 Å². The van der Waals surface area contributed by atoms with Gasteiger partial charge in [-0.05, 0) is 31.3 Å². The van der Waals surface area contributed by atoms with E-state index in [0.29, 0.717) is 26.2 Å². The molecule has 0 aromatic rings. The molecule has 1 aliphatic heterocycles. The first-order chi connectivity index (χ1) is 9.13. The molecule has 5 nitrogen and oxygen atoms in total. The van der Waals surface area contributed by atoms with Crippen LogP contribution in [-0.4, -0.2) is 65.8 Å². The predicted octanol–water partition coefficient (Wildman–Crippen LogP) is 0.148. The summed E-state index contributed by atoms with van der Waals surface area (Å²) in [4.78, 5) is 27.7. The summed E-state index contributed by atoms with van der Waals surface area (Å²) >= 11 is 1.70. The molecule has 2 amide bonds. The van der Waals surface area contributed by atoms with Crippen LogP contribution in [0.3, 0.4) is 0 Å². The number of thioether (sulfide) groups is 1. The molecule has 6 heteroatoms. The molecular weight excluding hydrogens is 262 g/mol. The van der Waals surface area contributed by atoms with Crippen molar-refractivity contribution in [2.24, 2.45) is 11.7 Å². The summed E-state index contributed by atoms with van der Waals surface area (Å²) in [5.74, 6) is 1.49. The molecular formula is C13H23N3O2S. The molecule has 1 heterocycles. The van der Waals surface area contributed by atoms with Crippen LogP contribution >= 0.6 is 11.8 Å². The maximum Gasteiger partial charge on any atom is 0.239 e. The van der Waals surface area contributed by atoms with Crippen molar-refractivity contribution in [1.29, 1.82) is 0 Å². The Morgan fingerprint density at radius 2 is 1.79 bits per heavy atom. The quantitative estimate of drug-likeness (QED) is 0.781. The highest BCUT2D eigenvalue weighted by Gasteiger charge is 2.35. The Bertz CT molecular complexity index is 339. The van der Waals surface area contributed by atoms with Crippen molar-refractivity contribution >= 4 is 23.6 Å². The molecule has 19 heavy (non-hydrogen) atoms. The molecule has 0 aromatic heterocycles. The number of rotatable bonds is 5. The van der Waals surface area contributed by atoms with Crippen molar-refractivity contribution in [3.8, 4) is 0 Å². The minimum Gasteiger partial charge on any atom is -0.339 e. The van der Waals surface area contributed by atoms with E-state index in [1.165, 1.54) is 0 Å². The van der Waals surface area contributed by atoms with Gasteiger partial charge in [-0.25, -0.2) is 0 Å². The molecule has 0 radical (unpaired) electrons. The fourth-order valence-corrected chi connectivity index (χ4v) is 2.83. The molecule has 0 unspecified atom stereocenters. The molecule has 2 fully saturated rings. The van der Waals surface area contributed by atoms with Crippen molar-refractivity contribution in [3.63, 3.8) is 0 Å². The van der Waals surface area contributed by atoms with Gasteiger partial charge in [-0.3, -0.25) is 9.59 Å². The molecule has 1 atom stereocenters. The van der Waals surface area contributed by atoms with E-state index < -0.39 is 6.04 Å². The Labute approximate surface area is 118 Å². The lowest BCUT2D eigenvalue weighted by molar-refractivity contribution is -0.141. The summed E-state index contributed by atoms with van der Waals surface area (Å²) in [5, 5.41) is 0. The van der Waals surface area contributed by atoms with E-state index in [2.05, 4.69) is 0 Å². The van der Waals surface area contributed by atoms with Crippen LogP contribution in [0.4, 0.5) is 0 Å². The fraction of sp³-hybridized carbons (Fsp3) is 0.846. The second kappa shape index (κ2) is 6.61. The van der Waals surface area contributed by atoms with Gasteiger partial charge in [0, 0.05) is 32.1 Å². The molecule has 0 aromatic carbocycles. The van der Waals surface area contributed by atoms with Gasteiger partial charge < -0.3 is 15.5 Å². The Kier molecular flexibility index (Phi) is 5.10. The lowest BCUT2D eigenvalue weighted by Gasteiger charge is -2.36. The minimum atomic E-state index is -0.391. The Morgan fingerprint density at radius 1 is 1.21 bits per heavy atom. The van der Waals surface area contributed by atoms with Crippen LogP contribution < -0.4 is 5.73 Å². The van der Waals surface area contributed by atoms with Gasteiger partial charge in [0.05, 0.1) is 6.04 Å². The predicted molar refractivity (Wildman–Crippen MR) is 76.9 cm³/mol. The summed E-state index contributed by atoms with van der Waals surface area (Å²) in [6.45, 7) is 2.58. The van der Waals surface area contributed by atoms with Crippen molar-refractivity contribution in [2.75, 3.05) is 38.2 Å². The van der Waals surface area contributed by atoms with Crippen LogP contribution in [0, 0.1) is 5.92 Å². The average molecular weight is 285 g/mol. The monoisotopic (exact) mass is 285 g/mol. The van der Waals surface area contributed by atoms with Crippen molar-refractivity contribution in [3.05, 3.63) is 0 Å². The Balaban J connectivity index is 1.75. The molecule has 1 saturated heterocycles. The number of amides is 2. The third-order valence-corrected chi connectivity index (χ3v) is 4.42. The van der Waals surface area contributed by atoms with Crippen LogP contribution in [0.15, 0.2) is 0 Å². The largest absolute Gasteiger partial charge is 0.339 e. The number of nitrogens with zero attached hydrogens (tertiary/aromatic N) is 2. The fourth-order valence-electron chi connectivity index (χ4n) is 2.34. The van der Waals surface area contributed by atoms with E-state index in [1.807, 2.05) is 16.1 Å². The van der Waals surface area contributed by atoms with Gasteiger partial charge >= 0.3 is 0 Å². The van der Waals surface area contributed by atoms with Crippen LogP contribution in [0.1, 0.15) is 19.3 Å². The van der Waals surface area contributed by atoms with Crippen molar-refractivity contribution in [2.45, 2.75) is 25.3 Å². The van der Waals surface area contributed by atoms with Crippen LogP contribution in [-0.2, 0) is 9.59 Å². The van der Waals surface area contributed by atoms with E-state index in [9.17, 15) is 9.59 Å². The number of nitrogens with two attached hydrogens (primary N) is 1. The van der Waals surface area contributed by atoms with E-state index in [1.54, 1.807) is 11.8 Å². The normalized spacial score (nSPS) is 21.4. The molecule has 2 N–H and O–H groups in total. The maximum absolute atomic E-state index is 12.1. The second-order valence-corrected chi connectivity index (χ2v) is 6.30. The van der Waals surface area contributed by atoms with Crippen LogP contribution in [0.25, 0.3) is 0 Å². The lowest BCUT2D eigenvalue weighted by atomic mass is 10.2. The number of carbonyl (C=O) groups excluding carboxylic acids is 2. The SMILES string of the molecule is CSCC[C@@H](N)C(=O)N1CCN(C(=O)C2CC2)CC1. The molecule has 0 bridgehead atoms. The number of carbonyl (C=O) groups is 2. The second-order valence-electron chi connectivity index (χ2n) is 5.31. The van der Waals surface area contributed by atoms with Crippen molar-refractivity contribution < 1.29 is 9.59 Å². The first kappa shape index (κ1) is 14.7. The molecule has 2 rings (SSSR count). The zero-order valence-electron chi connectivity index (χ0n) is 11.5. The van der Waals surface area contributed by atoms with E-state index in [0.717, 1.165) is 25.0 Å². The van der Waals surface area contributed by atoms with E-state index >= 15 is 0 Å². The summed E-state index contributed by atoms with van der Waals surface area (Å²) < 4.78 is 0. The van der Waals surface area contributed by atoms with Gasteiger partial charge in [-0.2, -0.15) is 11.8 Å². The van der Waals surface area contributed by atoms with Crippen LogP contribution in [0.2, 0.25) is 0 Å². The summed E-state index contributed by atoms with van der Waals surface area (Å²) in [5.41, 5.74) is 5.90. The number of piperazine rings is 1. The first-order valence-electron chi connectivity index (χ1n) is 6.95. The highest BCUT2D eigenvalue weighted by molar-refractivity contribution is 7.98. The standard InChI is InChI=1S/C13H23N3O2S/c1-19-9-4-11(14)13(18)16-7-5-15(6-8-16)12(17)10-2-3-10/h10-11H,2-9,14H2,1H3/t11-/m1/s1. The Hall–Kier alpha value is -0.750. The summed E-state index contributed by atoms with van der Waals surface area (Å²) in [6, 6.07) is -0.391. The molecule has 2 aliphatic rings. The molecule has 108 valence electrons. The molecule has 0 spiro atoms. The van der Waals surface area contributed by atoms with Gasteiger partial charge in [0.25, 0.3) is 0 Å². The van der Waals surface area contributed by atoms with Crippen LogP contribution in [0.5, 0.6) is 0 Å². The zero-order valence-corrected chi connectivity index (χ0v) is 12.3. The lowest BCUT2D eigenvalue weighted by Crippen LogP contribution is -2.54. The summed E-state index contributed by atoms with van der Waals surface area (Å²) in [6.07, 6.45) is 4.82. The Morgan fingerprint density at radius 3 is 2.32 bits per heavy atom. The molecule has 1 saturated carbocycles. The topological polar surface area (TPSA) is 66.6 Å². The smallest absolute Gasteiger partial charge is 0.239 e. The van der Waals surface area contributed by atoms with Gasteiger partial charge in [0.15, 0.2) is 0 Å². The van der Waals surface area contributed by atoms with E-state index in [4.69, 9.17) is 5.73 Å². The highest BCUT2D eigenvalue weighted by atomic mass is 32.2. The van der Waals surface area contributed by atoms with Gasteiger partial charge in [0.2, 0.25) is 11.8 Å². The number of hydrogen-bond donors (Lipinski definition) is 1. The minimum absolute atomic E-state index is 0.0348. The highest BCUT2D eigenvalue weighted by Crippen LogP contribution is 2.31. The summed E-state index contributed by atoms with van der Waals surface area (Å²) in [7, 11) is 0. The van der Waals surface area contributed by atoms with Gasteiger partial charge in [0.1, 0.15) is 0 Å². The van der Waals surface area contributed by atoms with E-state index in [-0.39, 0.29) is 17.7 Å². The zero-order chi connectivity index (χ0) is 13.8. The third-order valence-electron chi connectivity index (χ3n) is 3.78. The average Bonchev–Trinajstić information content (AvgIpc) is 3.28. The maximum atomic E-state index is 12.1. The molecule has 1 aliphatic carbocycles. The van der Waals surface area contributed by atoms with Gasteiger partial charge in [-0.15, -0.1) is 0 Å². The first-order valence-corrected chi connectivity index (χ1v) is 8.35. The third kappa shape index (κ3) is 3.86. The number of hydrogen-bond acceptors (Lipinski definition) is 4. The van der Waals surface area contributed by atoms with Crippen molar-refractivity contribution in [1.82, 2.24) is 9.80 Å².